The minimum absolute atomic E-state index is 0.0346. The largest absolute Gasteiger partial charge is 0.342 e. The van der Waals surface area contributed by atoms with Gasteiger partial charge in [0.1, 0.15) is 5.82 Å². The van der Waals surface area contributed by atoms with Gasteiger partial charge in [-0.2, -0.15) is 0 Å². The Kier molecular flexibility index (Phi) is 7.64. The van der Waals surface area contributed by atoms with Crippen LogP contribution in [0.4, 0.5) is 10.1 Å². The van der Waals surface area contributed by atoms with E-state index in [0.29, 0.717) is 28.1 Å². The lowest BCUT2D eigenvalue weighted by Crippen LogP contribution is -2.29. The van der Waals surface area contributed by atoms with Crippen molar-refractivity contribution < 1.29 is 14.0 Å². The molecule has 0 aliphatic rings. The van der Waals surface area contributed by atoms with Crippen LogP contribution in [-0.4, -0.2) is 32.3 Å². The molecule has 1 aromatic heterocycles. The number of anilines is 1. The van der Waals surface area contributed by atoms with Crippen molar-refractivity contribution in [2.75, 3.05) is 11.1 Å². The van der Waals surface area contributed by atoms with Crippen LogP contribution < -0.4 is 10.6 Å². The maximum Gasteiger partial charge on any atom is 0.253 e. The molecule has 2 aromatic carbocycles. The average Bonchev–Trinajstić information content (AvgIpc) is 3.17. The van der Waals surface area contributed by atoms with Crippen LogP contribution in [0.2, 0.25) is 5.02 Å². The topological polar surface area (TPSA) is 88.9 Å². The van der Waals surface area contributed by atoms with Crippen molar-refractivity contribution in [2.24, 2.45) is 0 Å². The standard InChI is InChI=1S/C21H21ClFN5O2S/c1-3-28-19(13(2)24-20(30)14-8-4-5-9-15(14)22)26-27-21(28)31-12-18(29)25-17-11-7-6-10-16(17)23/h4-11,13H,3,12H2,1-2H3,(H,24,30)(H,25,29)/t13-/m1/s1. The third-order valence-corrected chi connectivity index (χ3v) is 5.69. The summed E-state index contributed by atoms with van der Waals surface area (Å²) in [6, 6.07) is 12.3. The molecule has 2 amide bonds. The van der Waals surface area contributed by atoms with Gasteiger partial charge in [-0.25, -0.2) is 4.39 Å². The maximum atomic E-state index is 13.7. The van der Waals surface area contributed by atoms with Gasteiger partial charge in [0.2, 0.25) is 5.91 Å². The van der Waals surface area contributed by atoms with Crippen LogP contribution in [0.25, 0.3) is 0 Å². The summed E-state index contributed by atoms with van der Waals surface area (Å²) < 4.78 is 15.5. The maximum absolute atomic E-state index is 13.7. The summed E-state index contributed by atoms with van der Waals surface area (Å²) in [6.45, 7) is 4.26. The number of carbonyl (C=O) groups is 2. The van der Waals surface area contributed by atoms with E-state index in [1.807, 2.05) is 11.5 Å². The van der Waals surface area contributed by atoms with E-state index in [-0.39, 0.29) is 23.3 Å². The highest BCUT2D eigenvalue weighted by Crippen LogP contribution is 2.22. The van der Waals surface area contributed by atoms with Crippen LogP contribution in [0.15, 0.2) is 53.7 Å². The van der Waals surface area contributed by atoms with Gasteiger partial charge in [0.05, 0.1) is 28.1 Å². The molecule has 7 nitrogen and oxygen atoms in total. The Labute approximate surface area is 188 Å². The van der Waals surface area contributed by atoms with Gasteiger partial charge < -0.3 is 15.2 Å². The van der Waals surface area contributed by atoms with Gasteiger partial charge in [0.25, 0.3) is 5.91 Å². The summed E-state index contributed by atoms with van der Waals surface area (Å²) in [4.78, 5) is 24.7. The van der Waals surface area contributed by atoms with Crippen LogP contribution in [0.5, 0.6) is 0 Å². The van der Waals surface area contributed by atoms with Crippen LogP contribution >= 0.6 is 23.4 Å². The Hall–Kier alpha value is -2.91. The Morgan fingerprint density at radius 3 is 2.58 bits per heavy atom. The summed E-state index contributed by atoms with van der Waals surface area (Å²) in [6.07, 6.45) is 0. The van der Waals surface area contributed by atoms with Gasteiger partial charge in [-0.15, -0.1) is 10.2 Å². The number of aromatic nitrogens is 3. The molecule has 0 aliphatic heterocycles. The number of rotatable bonds is 8. The lowest BCUT2D eigenvalue weighted by molar-refractivity contribution is -0.113. The van der Waals surface area contributed by atoms with E-state index in [0.717, 1.165) is 0 Å². The molecule has 2 N–H and O–H groups in total. The molecular weight excluding hydrogens is 441 g/mol. The monoisotopic (exact) mass is 461 g/mol. The Bertz CT molecular complexity index is 1090. The predicted molar refractivity (Wildman–Crippen MR) is 119 cm³/mol. The van der Waals surface area contributed by atoms with Gasteiger partial charge >= 0.3 is 0 Å². The Morgan fingerprint density at radius 1 is 1.16 bits per heavy atom. The third-order valence-electron chi connectivity index (χ3n) is 4.40. The van der Waals surface area contributed by atoms with E-state index >= 15 is 0 Å². The zero-order valence-corrected chi connectivity index (χ0v) is 18.5. The first kappa shape index (κ1) is 22.8. The minimum Gasteiger partial charge on any atom is -0.342 e. The van der Waals surface area contributed by atoms with E-state index in [2.05, 4.69) is 20.8 Å². The Morgan fingerprint density at radius 2 is 1.87 bits per heavy atom. The predicted octanol–water partition coefficient (Wildman–Crippen LogP) is 4.31. The second kappa shape index (κ2) is 10.4. The summed E-state index contributed by atoms with van der Waals surface area (Å²) in [5, 5.41) is 14.6. The smallest absolute Gasteiger partial charge is 0.253 e. The van der Waals surface area contributed by atoms with E-state index < -0.39 is 11.9 Å². The first-order chi connectivity index (χ1) is 14.9. The zero-order chi connectivity index (χ0) is 22.4. The molecule has 0 radical (unpaired) electrons. The SMILES string of the molecule is CCn1c(SCC(=O)Nc2ccccc2F)nnc1[C@@H](C)NC(=O)c1ccccc1Cl. The molecule has 1 atom stereocenters. The number of benzene rings is 2. The highest BCUT2D eigenvalue weighted by Gasteiger charge is 2.21. The molecule has 162 valence electrons. The second-order valence-corrected chi connectivity index (χ2v) is 7.93. The number of halogens is 2. The van der Waals surface area contributed by atoms with Gasteiger partial charge in [-0.1, -0.05) is 47.6 Å². The molecule has 10 heteroatoms. The summed E-state index contributed by atoms with van der Waals surface area (Å²) >= 11 is 7.27. The van der Waals surface area contributed by atoms with Crippen molar-refractivity contribution in [1.82, 2.24) is 20.1 Å². The molecule has 3 rings (SSSR count). The first-order valence-corrected chi connectivity index (χ1v) is 10.9. The highest BCUT2D eigenvalue weighted by molar-refractivity contribution is 7.99. The molecule has 0 saturated carbocycles. The van der Waals surface area contributed by atoms with Crippen molar-refractivity contribution in [3.63, 3.8) is 0 Å². The van der Waals surface area contributed by atoms with Crippen molar-refractivity contribution in [3.05, 3.63) is 70.8 Å². The number of nitrogens with zero attached hydrogens (tertiary/aromatic N) is 3. The summed E-state index contributed by atoms with van der Waals surface area (Å²) in [5.74, 6) is -0.584. The number of nitrogens with one attached hydrogen (secondary N) is 2. The molecule has 1 heterocycles. The van der Waals surface area contributed by atoms with Crippen molar-refractivity contribution in [3.8, 4) is 0 Å². The van der Waals surface area contributed by atoms with Crippen molar-refractivity contribution in [2.45, 2.75) is 31.6 Å². The van der Waals surface area contributed by atoms with Gasteiger partial charge in [0, 0.05) is 6.54 Å². The van der Waals surface area contributed by atoms with Gasteiger partial charge in [0.15, 0.2) is 11.0 Å². The highest BCUT2D eigenvalue weighted by atomic mass is 35.5. The van der Waals surface area contributed by atoms with E-state index in [4.69, 9.17) is 11.6 Å². The fraction of sp³-hybridized carbons (Fsp3) is 0.238. The van der Waals surface area contributed by atoms with Crippen molar-refractivity contribution in [1.29, 1.82) is 0 Å². The van der Waals surface area contributed by atoms with E-state index in [1.54, 1.807) is 43.3 Å². The number of para-hydroxylation sites is 1. The van der Waals surface area contributed by atoms with Crippen LogP contribution in [0, 0.1) is 5.82 Å². The number of thioether (sulfide) groups is 1. The quantitative estimate of drug-likeness (QED) is 0.488. The number of hydrogen-bond donors (Lipinski definition) is 2. The second-order valence-electron chi connectivity index (χ2n) is 6.58. The molecule has 0 saturated heterocycles. The fourth-order valence-electron chi connectivity index (χ4n) is 2.89. The molecule has 31 heavy (non-hydrogen) atoms. The zero-order valence-electron chi connectivity index (χ0n) is 16.9. The molecule has 0 fully saturated rings. The van der Waals surface area contributed by atoms with Gasteiger partial charge in [-0.05, 0) is 38.1 Å². The number of carbonyl (C=O) groups excluding carboxylic acids is 2. The van der Waals surface area contributed by atoms with E-state index in [9.17, 15) is 14.0 Å². The molecule has 0 spiro atoms. The van der Waals surface area contributed by atoms with E-state index in [1.165, 1.54) is 23.9 Å². The van der Waals surface area contributed by atoms with Gasteiger partial charge in [-0.3, -0.25) is 9.59 Å². The summed E-state index contributed by atoms with van der Waals surface area (Å²) in [5.41, 5.74) is 0.500. The molecule has 0 unspecified atom stereocenters. The average molecular weight is 462 g/mol. The third kappa shape index (κ3) is 5.62. The molecular formula is C21H21ClFN5O2S. The minimum atomic E-state index is -0.497. The summed E-state index contributed by atoms with van der Waals surface area (Å²) in [7, 11) is 0. The lowest BCUT2D eigenvalue weighted by atomic mass is 10.2. The molecule has 0 bridgehead atoms. The lowest BCUT2D eigenvalue weighted by Gasteiger charge is -2.15. The first-order valence-electron chi connectivity index (χ1n) is 9.56. The molecule has 3 aromatic rings. The van der Waals surface area contributed by atoms with Crippen LogP contribution in [0.1, 0.15) is 36.1 Å². The Balaban J connectivity index is 1.64. The number of hydrogen-bond acceptors (Lipinski definition) is 5. The van der Waals surface area contributed by atoms with Crippen LogP contribution in [-0.2, 0) is 11.3 Å². The van der Waals surface area contributed by atoms with Crippen LogP contribution in [0.3, 0.4) is 0 Å². The van der Waals surface area contributed by atoms with Crippen molar-refractivity contribution >= 4 is 40.9 Å². The molecule has 0 aliphatic carbocycles. The normalized spacial score (nSPS) is 11.7. The number of amides is 2. The fourth-order valence-corrected chi connectivity index (χ4v) is 3.92.